The van der Waals surface area contributed by atoms with Crippen LogP contribution in [-0.2, 0) is 4.79 Å². The Balaban J connectivity index is 2.77. The van der Waals surface area contributed by atoms with Gasteiger partial charge in [-0.3, -0.25) is 9.59 Å². The van der Waals surface area contributed by atoms with E-state index in [0.717, 1.165) is 6.42 Å². The van der Waals surface area contributed by atoms with Crippen molar-refractivity contribution < 1.29 is 14.0 Å². The van der Waals surface area contributed by atoms with E-state index >= 15 is 0 Å². The first-order chi connectivity index (χ1) is 8.93. The van der Waals surface area contributed by atoms with E-state index < -0.39 is 5.82 Å². The van der Waals surface area contributed by atoms with Crippen LogP contribution in [0.4, 0.5) is 10.1 Å². The summed E-state index contributed by atoms with van der Waals surface area (Å²) < 4.78 is 13.6. The van der Waals surface area contributed by atoms with Crippen LogP contribution in [0, 0.1) is 11.7 Å². The highest BCUT2D eigenvalue weighted by atomic mass is 19.1. The number of nitrogens with one attached hydrogen (secondary N) is 1. The zero-order chi connectivity index (χ0) is 14.4. The number of hydrogen-bond donors (Lipinski definition) is 1. The lowest BCUT2D eigenvalue weighted by Gasteiger charge is -2.09. The molecular weight excluding hydrogens is 245 g/mol. The second-order valence-electron chi connectivity index (χ2n) is 4.95. The molecular formula is C15H20FNO2. The van der Waals surface area contributed by atoms with Gasteiger partial charge >= 0.3 is 0 Å². The van der Waals surface area contributed by atoms with Gasteiger partial charge in [0.2, 0.25) is 5.91 Å². The fourth-order valence-corrected chi connectivity index (χ4v) is 1.63. The average molecular weight is 265 g/mol. The molecule has 0 radical (unpaired) electrons. The maximum absolute atomic E-state index is 13.6. The Morgan fingerprint density at radius 3 is 2.58 bits per heavy atom. The van der Waals surface area contributed by atoms with Crippen molar-refractivity contribution in [3.05, 3.63) is 29.6 Å². The Labute approximate surface area is 113 Å². The van der Waals surface area contributed by atoms with E-state index in [0.29, 0.717) is 24.3 Å². The summed E-state index contributed by atoms with van der Waals surface area (Å²) in [5.74, 6) is -0.402. The molecule has 1 aromatic carbocycles. The number of carbonyl (C=O) groups is 2. The maximum Gasteiger partial charge on any atom is 0.224 e. The monoisotopic (exact) mass is 265 g/mol. The van der Waals surface area contributed by atoms with E-state index in [1.54, 1.807) is 6.92 Å². The number of benzene rings is 1. The lowest BCUT2D eigenvalue weighted by molar-refractivity contribution is -0.116. The summed E-state index contributed by atoms with van der Waals surface area (Å²) >= 11 is 0. The second kappa shape index (κ2) is 7.02. The molecule has 0 bridgehead atoms. The number of anilines is 1. The van der Waals surface area contributed by atoms with E-state index in [9.17, 15) is 14.0 Å². The molecule has 1 rings (SSSR count). The molecule has 4 heteroatoms. The summed E-state index contributed by atoms with van der Waals surface area (Å²) in [6, 6.07) is 4.04. The molecule has 3 nitrogen and oxygen atoms in total. The second-order valence-corrected chi connectivity index (χ2v) is 4.95. The van der Waals surface area contributed by atoms with Crippen molar-refractivity contribution in [2.75, 3.05) is 5.32 Å². The predicted molar refractivity (Wildman–Crippen MR) is 73.7 cm³/mol. The molecule has 0 aliphatic heterocycles. The summed E-state index contributed by atoms with van der Waals surface area (Å²) in [6.07, 6.45) is 1.45. The SMILES string of the molecule is CCC(=O)c1ccc(F)c(NC(=O)CCC(C)C)c1. The van der Waals surface area contributed by atoms with E-state index in [1.807, 2.05) is 13.8 Å². The highest BCUT2D eigenvalue weighted by Crippen LogP contribution is 2.18. The fraction of sp³-hybridized carbons (Fsp3) is 0.467. The Morgan fingerprint density at radius 1 is 1.32 bits per heavy atom. The van der Waals surface area contributed by atoms with E-state index in [4.69, 9.17) is 0 Å². The third kappa shape index (κ3) is 4.81. The summed E-state index contributed by atoms with van der Waals surface area (Å²) in [6.45, 7) is 5.79. The van der Waals surface area contributed by atoms with Crippen LogP contribution < -0.4 is 5.32 Å². The number of halogens is 1. The number of Topliss-reactive ketones (excluding diaryl/α,β-unsaturated/α-hetero) is 1. The van der Waals surface area contributed by atoms with Crippen LogP contribution in [0.15, 0.2) is 18.2 Å². The molecule has 0 saturated heterocycles. The normalized spacial score (nSPS) is 10.6. The first-order valence-corrected chi connectivity index (χ1v) is 6.56. The third-order valence-electron chi connectivity index (χ3n) is 2.83. The minimum atomic E-state index is -0.523. The minimum absolute atomic E-state index is 0.0716. The summed E-state index contributed by atoms with van der Waals surface area (Å²) in [5, 5.41) is 2.52. The molecule has 0 fully saturated rings. The zero-order valence-electron chi connectivity index (χ0n) is 11.6. The van der Waals surface area contributed by atoms with Crippen molar-refractivity contribution in [3.63, 3.8) is 0 Å². The Hall–Kier alpha value is -1.71. The maximum atomic E-state index is 13.6. The lowest BCUT2D eigenvalue weighted by atomic mass is 10.1. The van der Waals surface area contributed by atoms with Gasteiger partial charge in [-0.15, -0.1) is 0 Å². The van der Waals surface area contributed by atoms with E-state index in [1.165, 1.54) is 18.2 Å². The van der Waals surface area contributed by atoms with Crippen molar-refractivity contribution in [2.24, 2.45) is 5.92 Å². The zero-order valence-corrected chi connectivity index (χ0v) is 11.6. The Morgan fingerprint density at radius 2 is 2.00 bits per heavy atom. The molecule has 104 valence electrons. The van der Waals surface area contributed by atoms with Crippen LogP contribution in [0.1, 0.15) is 50.4 Å². The van der Waals surface area contributed by atoms with Crippen LogP contribution in [0.5, 0.6) is 0 Å². The smallest absolute Gasteiger partial charge is 0.224 e. The summed E-state index contributed by atoms with van der Waals surface area (Å²) in [5.41, 5.74) is 0.496. The van der Waals surface area contributed by atoms with Crippen molar-refractivity contribution in [1.29, 1.82) is 0 Å². The number of hydrogen-bond acceptors (Lipinski definition) is 2. The quantitative estimate of drug-likeness (QED) is 0.795. The number of rotatable bonds is 6. The van der Waals surface area contributed by atoms with Gasteiger partial charge in [-0.1, -0.05) is 20.8 Å². The highest BCUT2D eigenvalue weighted by molar-refractivity contribution is 5.98. The van der Waals surface area contributed by atoms with Crippen LogP contribution in [0.2, 0.25) is 0 Å². The Kier molecular flexibility index (Phi) is 5.67. The largest absolute Gasteiger partial charge is 0.324 e. The average Bonchev–Trinajstić information content (AvgIpc) is 2.38. The number of ketones is 1. The van der Waals surface area contributed by atoms with Crippen molar-refractivity contribution in [2.45, 2.75) is 40.0 Å². The van der Waals surface area contributed by atoms with Crippen molar-refractivity contribution in [1.82, 2.24) is 0 Å². The molecule has 1 aromatic rings. The molecule has 0 heterocycles. The van der Waals surface area contributed by atoms with Crippen LogP contribution in [0.25, 0.3) is 0 Å². The number of carbonyl (C=O) groups excluding carboxylic acids is 2. The minimum Gasteiger partial charge on any atom is -0.324 e. The molecule has 1 amide bonds. The molecule has 0 spiro atoms. The molecule has 1 N–H and O–H groups in total. The fourth-order valence-electron chi connectivity index (χ4n) is 1.63. The highest BCUT2D eigenvalue weighted by Gasteiger charge is 2.11. The molecule has 0 saturated carbocycles. The van der Waals surface area contributed by atoms with Gasteiger partial charge in [0.05, 0.1) is 5.69 Å². The molecule has 0 atom stereocenters. The first kappa shape index (κ1) is 15.3. The topological polar surface area (TPSA) is 46.2 Å². The first-order valence-electron chi connectivity index (χ1n) is 6.56. The van der Waals surface area contributed by atoms with Crippen LogP contribution >= 0.6 is 0 Å². The molecule has 0 aromatic heterocycles. The molecule has 0 aliphatic carbocycles. The van der Waals surface area contributed by atoms with Crippen molar-refractivity contribution >= 4 is 17.4 Å². The van der Waals surface area contributed by atoms with Gasteiger partial charge in [0.1, 0.15) is 5.82 Å². The van der Waals surface area contributed by atoms with Gasteiger partial charge in [-0.05, 0) is 30.5 Å². The van der Waals surface area contributed by atoms with E-state index in [2.05, 4.69) is 5.32 Å². The van der Waals surface area contributed by atoms with Gasteiger partial charge in [0, 0.05) is 18.4 Å². The lowest BCUT2D eigenvalue weighted by Crippen LogP contribution is -2.14. The third-order valence-corrected chi connectivity index (χ3v) is 2.83. The predicted octanol–water partition coefficient (Wildman–Crippen LogP) is 3.79. The van der Waals surface area contributed by atoms with E-state index in [-0.39, 0.29) is 17.4 Å². The van der Waals surface area contributed by atoms with Gasteiger partial charge in [0.25, 0.3) is 0 Å². The molecule has 19 heavy (non-hydrogen) atoms. The van der Waals surface area contributed by atoms with Gasteiger partial charge in [0.15, 0.2) is 5.78 Å². The van der Waals surface area contributed by atoms with Gasteiger partial charge in [-0.2, -0.15) is 0 Å². The molecule has 0 aliphatic rings. The van der Waals surface area contributed by atoms with Crippen LogP contribution in [-0.4, -0.2) is 11.7 Å². The van der Waals surface area contributed by atoms with Gasteiger partial charge < -0.3 is 5.32 Å². The number of amides is 1. The Bertz CT molecular complexity index is 469. The van der Waals surface area contributed by atoms with Gasteiger partial charge in [-0.25, -0.2) is 4.39 Å². The molecule has 0 unspecified atom stereocenters. The summed E-state index contributed by atoms with van der Waals surface area (Å²) in [4.78, 5) is 23.2. The van der Waals surface area contributed by atoms with Crippen molar-refractivity contribution in [3.8, 4) is 0 Å². The summed E-state index contributed by atoms with van der Waals surface area (Å²) in [7, 11) is 0. The standard InChI is InChI=1S/C15H20FNO2/c1-4-14(18)11-6-7-12(16)13(9-11)17-15(19)8-5-10(2)3/h6-7,9-10H,4-5,8H2,1-3H3,(H,17,19). The van der Waals surface area contributed by atoms with Crippen LogP contribution in [0.3, 0.4) is 0 Å².